The zero-order valence-corrected chi connectivity index (χ0v) is 18.5. The first-order valence-corrected chi connectivity index (χ1v) is 11.2. The first-order chi connectivity index (χ1) is 16.2. The van der Waals surface area contributed by atoms with Crippen molar-refractivity contribution < 1.29 is 14.3 Å². The molecule has 1 fully saturated rings. The molecule has 168 valence electrons. The molecule has 2 N–H and O–H groups in total. The molecule has 4 rings (SSSR count). The molecule has 0 heterocycles. The molecule has 0 atom stereocenters. The summed E-state index contributed by atoms with van der Waals surface area (Å²) in [7, 11) is 0. The smallest absolute Gasteiger partial charge is 0.251 e. The fraction of sp³-hybridized carbons (Fsp3) is 0.214. The van der Waals surface area contributed by atoms with Gasteiger partial charge in [0.05, 0.1) is 13.2 Å². The van der Waals surface area contributed by atoms with Crippen LogP contribution in [0, 0.1) is 0 Å². The molecule has 3 aromatic carbocycles. The predicted molar refractivity (Wildman–Crippen MR) is 129 cm³/mol. The highest BCUT2D eigenvalue weighted by molar-refractivity contribution is 5.95. The molecule has 0 spiro atoms. The highest BCUT2D eigenvalue weighted by Gasteiger charge is 2.23. The number of carbonyl (C=O) groups is 2. The van der Waals surface area contributed by atoms with Gasteiger partial charge in [-0.15, -0.1) is 0 Å². The van der Waals surface area contributed by atoms with Crippen molar-refractivity contribution in [3.05, 3.63) is 113 Å². The second kappa shape index (κ2) is 11.2. The maximum atomic E-state index is 12.2. The third-order valence-electron chi connectivity index (χ3n) is 5.38. The van der Waals surface area contributed by atoms with Gasteiger partial charge in [0.25, 0.3) is 5.91 Å². The van der Waals surface area contributed by atoms with Crippen LogP contribution in [0.15, 0.2) is 84.9 Å². The molecule has 3 aromatic rings. The monoisotopic (exact) mass is 440 g/mol. The van der Waals surface area contributed by atoms with E-state index in [1.54, 1.807) is 18.2 Å². The lowest BCUT2D eigenvalue weighted by Crippen LogP contribution is -2.25. The molecule has 33 heavy (non-hydrogen) atoms. The van der Waals surface area contributed by atoms with E-state index in [9.17, 15) is 9.59 Å². The van der Waals surface area contributed by atoms with Crippen LogP contribution >= 0.6 is 0 Å². The molecule has 0 radical (unpaired) electrons. The van der Waals surface area contributed by atoms with Gasteiger partial charge in [-0.2, -0.15) is 0 Å². The number of carbonyl (C=O) groups excluding carboxylic acids is 2. The van der Waals surface area contributed by atoms with E-state index in [0.717, 1.165) is 35.1 Å². The Bertz CT molecular complexity index is 1090. The maximum Gasteiger partial charge on any atom is 0.251 e. The van der Waals surface area contributed by atoms with Gasteiger partial charge in [0.1, 0.15) is 0 Å². The summed E-state index contributed by atoms with van der Waals surface area (Å²) >= 11 is 0. The molecule has 0 bridgehead atoms. The van der Waals surface area contributed by atoms with Crippen molar-refractivity contribution in [1.29, 1.82) is 0 Å². The second-order valence-electron chi connectivity index (χ2n) is 8.22. The van der Waals surface area contributed by atoms with E-state index < -0.39 is 0 Å². The lowest BCUT2D eigenvalue weighted by molar-refractivity contribution is -0.116. The SMILES string of the molecule is O=C(/C=C/c1ccc(C(=O)NC2CC2)cc1)NCc1ccc(COCc2ccccc2)cc1. The van der Waals surface area contributed by atoms with Crippen molar-refractivity contribution in [3.63, 3.8) is 0 Å². The number of hydrogen-bond acceptors (Lipinski definition) is 3. The van der Waals surface area contributed by atoms with Crippen LogP contribution in [-0.2, 0) is 29.3 Å². The third kappa shape index (κ3) is 7.44. The van der Waals surface area contributed by atoms with E-state index in [0.29, 0.717) is 31.4 Å². The zero-order chi connectivity index (χ0) is 22.9. The molecule has 5 nitrogen and oxygen atoms in total. The molecule has 1 aliphatic rings. The van der Waals surface area contributed by atoms with Crippen molar-refractivity contribution in [2.45, 2.75) is 38.6 Å². The number of benzene rings is 3. The van der Waals surface area contributed by atoms with E-state index in [1.165, 1.54) is 6.08 Å². The van der Waals surface area contributed by atoms with Gasteiger partial charge in [-0.25, -0.2) is 0 Å². The molecule has 1 saturated carbocycles. The fourth-order valence-electron chi connectivity index (χ4n) is 3.28. The van der Waals surface area contributed by atoms with Crippen LogP contribution in [-0.4, -0.2) is 17.9 Å². The van der Waals surface area contributed by atoms with Gasteiger partial charge in [0.15, 0.2) is 0 Å². The Morgan fingerprint density at radius 2 is 1.45 bits per heavy atom. The summed E-state index contributed by atoms with van der Waals surface area (Å²) in [4.78, 5) is 24.2. The van der Waals surface area contributed by atoms with Gasteiger partial charge in [-0.05, 0) is 53.3 Å². The molecule has 1 aliphatic carbocycles. The fourth-order valence-corrected chi connectivity index (χ4v) is 3.28. The molecule has 5 heteroatoms. The highest BCUT2D eigenvalue weighted by Crippen LogP contribution is 2.19. The molecule has 2 amide bonds. The predicted octanol–water partition coefficient (Wildman–Crippen LogP) is 4.63. The van der Waals surface area contributed by atoms with Crippen LogP contribution in [0.3, 0.4) is 0 Å². The lowest BCUT2D eigenvalue weighted by Gasteiger charge is -2.07. The molecule has 0 aromatic heterocycles. The Hall–Kier alpha value is -3.70. The maximum absolute atomic E-state index is 12.2. The quantitative estimate of drug-likeness (QED) is 0.452. The Morgan fingerprint density at radius 1 is 0.818 bits per heavy atom. The van der Waals surface area contributed by atoms with Gasteiger partial charge in [0.2, 0.25) is 5.91 Å². The van der Waals surface area contributed by atoms with Crippen molar-refractivity contribution in [3.8, 4) is 0 Å². The van der Waals surface area contributed by atoms with E-state index in [-0.39, 0.29) is 11.8 Å². The van der Waals surface area contributed by atoms with Gasteiger partial charge >= 0.3 is 0 Å². The minimum absolute atomic E-state index is 0.0421. The van der Waals surface area contributed by atoms with Crippen LogP contribution in [0.5, 0.6) is 0 Å². The zero-order valence-electron chi connectivity index (χ0n) is 18.5. The van der Waals surface area contributed by atoms with Crippen LogP contribution in [0.2, 0.25) is 0 Å². The average molecular weight is 441 g/mol. The normalized spacial score (nSPS) is 13.1. The standard InChI is InChI=1S/C28H28N2O3/c31-27(17-12-21-10-13-25(14-11-21)28(32)30-26-15-16-26)29-18-22-6-8-24(9-7-22)20-33-19-23-4-2-1-3-5-23/h1-14,17,26H,15-16,18-20H2,(H,29,31)(H,30,32)/b17-12+. The van der Waals surface area contributed by atoms with Gasteiger partial charge in [-0.1, -0.05) is 66.7 Å². The third-order valence-corrected chi connectivity index (χ3v) is 5.38. The second-order valence-corrected chi connectivity index (χ2v) is 8.22. The summed E-state index contributed by atoms with van der Waals surface area (Å²) in [5, 5.41) is 5.85. The number of hydrogen-bond donors (Lipinski definition) is 2. The summed E-state index contributed by atoms with van der Waals surface area (Å²) in [6.07, 6.45) is 5.38. The Kier molecular flexibility index (Phi) is 7.67. The minimum Gasteiger partial charge on any atom is -0.372 e. The Balaban J connectivity index is 1.18. The number of nitrogens with one attached hydrogen (secondary N) is 2. The molecular weight excluding hydrogens is 412 g/mol. The molecule has 0 aliphatic heterocycles. The van der Waals surface area contributed by atoms with Crippen LogP contribution in [0.4, 0.5) is 0 Å². The Labute approximate surface area is 194 Å². The number of rotatable bonds is 10. The van der Waals surface area contributed by atoms with Crippen LogP contribution < -0.4 is 10.6 Å². The van der Waals surface area contributed by atoms with Crippen molar-refractivity contribution in [1.82, 2.24) is 10.6 Å². The van der Waals surface area contributed by atoms with Crippen molar-refractivity contribution in [2.24, 2.45) is 0 Å². The number of ether oxygens (including phenoxy) is 1. The average Bonchev–Trinajstić information content (AvgIpc) is 3.67. The van der Waals surface area contributed by atoms with E-state index in [4.69, 9.17) is 4.74 Å². The largest absolute Gasteiger partial charge is 0.372 e. The summed E-state index contributed by atoms with van der Waals surface area (Å²) in [6.45, 7) is 1.58. The summed E-state index contributed by atoms with van der Waals surface area (Å²) in [5.41, 5.74) is 4.77. The molecule has 0 saturated heterocycles. The van der Waals surface area contributed by atoms with Crippen LogP contribution in [0.25, 0.3) is 6.08 Å². The topological polar surface area (TPSA) is 67.4 Å². The van der Waals surface area contributed by atoms with E-state index in [1.807, 2.05) is 66.7 Å². The van der Waals surface area contributed by atoms with Gasteiger partial charge in [0, 0.05) is 24.2 Å². The van der Waals surface area contributed by atoms with Crippen molar-refractivity contribution in [2.75, 3.05) is 0 Å². The first-order valence-electron chi connectivity index (χ1n) is 11.2. The van der Waals surface area contributed by atoms with E-state index in [2.05, 4.69) is 10.6 Å². The Morgan fingerprint density at radius 3 is 2.12 bits per heavy atom. The molecule has 0 unspecified atom stereocenters. The first kappa shape index (κ1) is 22.5. The van der Waals surface area contributed by atoms with Gasteiger partial charge < -0.3 is 15.4 Å². The van der Waals surface area contributed by atoms with Crippen LogP contribution in [0.1, 0.15) is 45.5 Å². The minimum atomic E-state index is -0.166. The summed E-state index contributed by atoms with van der Waals surface area (Å²) in [6, 6.07) is 25.7. The van der Waals surface area contributed by atoms with Gasteiger partial charge in [-0.3, -0.25) is 9.59 Å². The highest BCUT2D eigenvalue weighted by atomic mass is 16.5. The summed E-state index contributed by atoms with van der Waals surface area (Å²) in [5.74, 6) is -0.208. The summed E-state index contributed by atoms with van der Waals surface area (Å²) < 4.78 is 5.76. The van der Waals surface area contributed by atoms with Crippen molar-refractivity contribution >= 4 is 17.9 Å². The molecular formula is C28H28N2O3. The lowest BCUT2D eigenvalue weighted by atomic mass is 10.1. The van der Waals surface area contributed by atoms with E-state index >= 15 is 0 Å². The number of amides is 2.